The molecule has 0 spiro atoms. The lowest BCUT2D eigenvalue weighted by Crippen LogP contribution is -2.32. The maximum atomic E-state index is 14.1. The molecule has 4 heterocycles. The molecule has 7 heteroatoms. The van der Waals surface area contributed by atoms with Crippen molar-refractivity contribution in [3.05, 3.63) is 88.1 Å². The van der Waals surface area contributed by atoms with Gasteiger partial charge in [-0.25, -0.2) is 4.98 Å². The Hall–Kier alpha value is -4.18. The van der Waals surface area contributed by atoms with Crippen molar-refractivity contribution in [3.8, 4) is 6.07 Å². The first-order chi connectivity index (χ1) is 19.2. The van der Waals surface area contributed by atoms with E-state index < -0.39 is 0 Å². The summed E-state index contributed by atoms with van der Waals surface area (Å²) in [4.78, 5) is 25.6. The van der Waals surface area contributed by atoms with Crippen molar-refractivity contribution in [2.45, 2.75) is 65.5 Å². The average molecular weight is 521 g/mol. The Kier molecular flexibility index (Phi) is 8.21. The third-order valence-corrected chi connectivity index (χ3v) is 7.48. The van der Waals surface area contributed by atoms with Gasteiger partial charge in [-0.3, -0.25) is 14.3 Å². The number of nitrogens with zero attached hydrogens (tertiary/aromatic N) is 6. The van der Waals surface area contributed by atoms with Crippen LogP contribution in [0.4, 0.5) is 5.82 Å². The summed E-state index contributed by atoms with van der Waals surface area (Å²) in [5.74, 6) is 0.838. The van der Waals surface area contributed by atoms with Crippen LogP contribution in [0.5, 0.6) is 0 Å². The van der Waals surface area contributed by atoms with Crippen LogP contribution >= 0.6 is 0 Å². The van der Waals surface area contributed by atoms with Crippen LogP contribution in [0.15, 0.2) is 71.5 Å². The number of aromatic nitrogens is 4. The van der Waals surface area contributed by atoms with Gasteiger partial charge in [-0.2, -0.15) is 5.26 Å². The molecule has 4 aromatic rings. The van der Waals surface area contributed by atoms with Gasteiger partial charge in [-0.15, -0.1) is 0 Å². The van der Waals surface area contributed by atoms with E-state index in [1.54, 1.807) is 17.1 Å². The molecular formula is C32H36N6O. The molecule has 2 aliphatic rings. The van der Waals surface area contributed by atoms with Gasteiger partial charge in [0.05, 0.1) is 18.4 Å². The van der Waals surface area contributed by atoms with Gasteiger partial charge in [0.2, 0.25) is 0 Å². The zero-order chi connectivity index (χ0) is 27.2. The molecule has 7 nitrogen and oxygen atoms in total. The number of nitriles is 1. The van der Waals surface area contributed by atoms with Gasteiger partial charge in [0, 0.05) is 31.2 Å². The number of fused-ring (bicyclic) bond motifs is 2. The van der Waals surface area contributed by atoms with Crippen LogP contribution in [0, 0.1) is 11.3 Å². The molecule has 0 amide bonds. The quantitative estimate of drug-likeness (QED) is 0.306. The summed E-state index contributed by atoms with van der Waals surface area (Å²) in [6.07, 6.45) is 16.6. The van der Waals surface area contributed by atoms with Gasteiger partial charge in [0.1, 0.15) is 28.5 Å². The minimum Gasteiger partial charge on any atom is -0.357 e. The summed E-state index contributed by atoms with van der Waals surface area (Å²) >= 11 is 0. The van der Waals surface area contributed by atoms with E-state index in [1.807, 2.05) is 44.2 Å². The SMILES string of the molecule is CC.N#Cc1c(N2CCCCC2)n(CC2=CCCCC=C2)c2c(=O)n(Cc3cccc4cccnc34)cnc12. The fraction of sp³-hybridized carbons (Fsp3) is 0.375. The zero-order valence-electron chi connectivity index (χ0n) is 22.9. The van der Waals surface area contributed by atoms with Crippen molar-refractivity contribution >= 4 is 27.8 Å². The van der Waals surface area contributed by atoms with E-state index >= 15 is 0 Å². The van der Waals surface area contributed by atoms with E-state index in [0.717, 1.165) is 67.5 Å². The lowest BCUT2D eigenvalue weighted by atomic mass is 10.1. The molecule has 1 saturated heterocycles. The molecule has 3 aromatic heterocycles. The van der Waals surface area contributed by atoms with Gasteiger partial charge in [-0.05, 0) is 55.7 Å². The Morgan fingerprint density at radius 3 is 2.59 bits per heavy atom. The lowest BCUT2D eigenvalue weighted by molar-refractivity contribution is 0.564. The predicted octanol–water partition coefficient (Wildman–Crippen LogP) is 6.35. The largest absolute Gasteiger partial charge is 0.357 e. The Morgan fingerprint density at radius 1 is 0.949 bits per heavy atom. The fourth-order valence-electron chi connectivity index (χ4n) is 5.66. The summed E-state index contributed by atoms with van der Waals surface area (Å²) < 4.78 is 3.72. The molecule has 1 fully saturated rings. The van der Waals surface area contributed by atoms with Crippen molar-refractivity contribution in [2.24, 2.45) is 0 Å². The number of rotatable bonds is 5. The lowest BCUT2D eigenvalue weighted by Gasteiger charge is -2.30. The standard InChI is InChI=1S/C30H30N6O.C2H6/c31-18-25-27-28(30(37)35(21-33-27)20-24-13-8-12-23-14-9-15-32-26(23)24)36(19-22-10-4-1-2-5-11-22)29(25)34-16-6-3-7-17-34;1-2/h4,8-15,21H,1-3,5-7,16-17,19-20H2;1-2H3. The number of pyridine rings is 1. The predicted molar refractivity (Wildman–Crippen MR) is 158 cm³/mol. The van der Waals surface area contributed by atoms with Crippen molar-refractivity contribution < 1.29 is 0 Å². The number of allylic oxidation sites excluding steroid dienone is 4. The fourth-order valence-corrected chi connectivity index (χ4v) is 5.66. The van der Waals surface area contributed by atoms with E-state index in [0.29, 0.717) is 29.7 Å². The number of piperidine rings is 1. The second kappa shape index (κ2) is 12.1. The molecule has 1 aliphatic carbocycles. The molecule has 1 aromatic carbocycles. The number of anilines is 1. The normalized spacial score (nSPS) is 15.4. The molecule has 200 valence electrons. The first-order valence-corrected chi connectivity index (χ1v) is 14.2. The van der Waals surface area contributed by atoms with Crippen LogP contribution in [0.1, 0.15) is 63.5 Å². The first kappa shape index (κ1) is 26.4. The van der Waals surface area contributed by atoms with Gasteiger partial charge in [-0.1, -0.05) is 56.3 Å². The number of hydrogen-bond donors (Lipinski definition) is 0. The molecule has 0 radical (unpaired) electrons. The van der Waals surface area contributed by atoms with Gasteiger partial charge >= 0.3 is 0 Å². The molecule has 0 unspecified atom stereocenters. The van der Waals surface area contributed by atoms with Gasteiger partial charge < -0.3 is 9.47 Å². The topological polar surface area (TPSA) is 79.7 Å². The zero-order valence-corrected chi connectivity index (χ0v) is 22.9. The van der Waals surface area contributed by atoms with Crippen molar-refractivity contribution in [2.75, 3.05) is 18.0 Å². The third-order valence-electron chi connectivity index (χ3n) is 7.48. The van der Waals surface area contributed by atoms with E-state index in [9.17, 15) is 10.1 Å². The summed E-state index contributed by atoms with van der Waals surface area (Å²) in [5, 5.41) is 11.3. The minimum absolute atomic E-state index is 0.129. The smallest absolute Gasteiger partial charge is 0.278 e. The molecule has 0 saturated carbocycles. The monoisotopic (exact) mass is 520 g/mol. The van der Waals surface area contributed by atoms with E-state index in [4.69, 9.17) is 4.98 Å². The molecular weight excluding hydrogens is 484 g/mol. The Morgan fingerprint density at radius 2 is 1.77 bits per heavy atom. The molecule has 0 atom stereocenters. The molecule has 0 N–H and O–H groups in total. The summed E-state index contributed by atoms with van der Waals surface area (Å²) in [6.45, 7) is 6.69. The Balaban J connectivity index is 0.00000151. The molecule has 1 aliphatic heterocycles. The molecule has 6 rings (SSSR count). The van der Waals surface area contributed by atoms with Crippen LogP contribution in [-0.4, -0.2) is 32.2 Å². The van der Waals surface area contributed by atoms with Crippen LogP contribution in [0.25, 0.3) is 21.9 Å². The van der Waals surface area contributed by atoms with E-state index in [1.165, 1.54) is 12.0 Å². The highest BCUT2D eigenvalue weighted by Gasteiger charge is 2.27. The second-order valence-electron chi connectivity index (χ2n) is 9.92. The maximum Gasteiger partial charge on any atom is 0.278 e. The van der Waals surface area contributed by atoms with E-state index in [-0.39, 0.29) is 5.56 Å². The summed E-state index contributed by atoms with van der Waals surface area (Å²) in [5.41, 5.74) is 4.40. The van der Waals surface area contributed by atoms with Gasteiger partial charge in [0.15, 0.2) is 0 Å². The summed E-state index contributed by atoms with van der Waals surface area (Å²) in [7, 11) is 0. The number of benzene rings is 1. The minimum atomic E-state index is -0.129. The highest BCUT2D eigenvalue weighted by Crippen LogP contribution is 2.33. The number of hydrogen-bond acceptors (Lipinski definition) is 5. The van der Waals surface area contributed by atoms with Crippen LogP contribution < -0.4 is 10.5 Å². The summed E-state index contributed by atoms with van der Waals surface area (Å²) in [6, 6.07) is 12.4. The first-order valence-electron chi connectivity index (χ1n) is 14.2. The average Bonchev–Trinajstić information content (AvgIpc) is 3.10. The highest BCUT2D eigenvalue weighted by atomic mass is 16.1. The second-order valence-corrected chi connectivity index (χ2v) is 9.92. The van der Waals surface area contributed by atoms with E-state index in [2.05, 4.69) is 38.7 Å². The van der Waals surface area contributed by atoms with Crippen LogP contribution in [-0.2, 0) is 13.1 Å². The molecule has 0 bridgehead atoms. The van der Waals surface area contributed by atoms with Gasteiger partial charge in [0.25, 0.3) is 5.56 Å². The van der Waals surface area contributed by atoms with Crippen molar-refractivity contribution in [1.82, 2.24) is 19.1 Å². The number of para-hydroxylation sites is 1. The third kappa shape index (κ3) is 5.24. The van der Waals surface area contributed by atoms with Crippen molar-refractivity contribution in [1.29, 1.82) is 5.26 Å². The molecule has 39 heavy (non-hydrogen) atoms. The Bertz CT molecular complexity index is 1620. The maximum absolute atomic E-state index is 14.1. The van der Waals surface area contributed by atoms with Crippen LogP contribution in [0.2, 0.25) is 0 Å². The van der Waals surface area contributed by atoms with Crippen LogP contribution in [0.3, 0.4) is 0 Å². The van der Waals surface area contributed by atoms with Crippen molar-refractivity contribution in [3.63, 3.8) is 0 Å². The highest BCUT2D eigenvalue weighted by molar-refractivity contribution is 5.89. The Labute approximate surface area is 229 Å².